The number of nitrogens with one attached hydrogen (secondary N) is 2. The number of methoxy groups -OCH3 is 2. The van der Waals surface area contributed by atoms with Gasteiger partial charge in [-0.3, -0.25) is 9.59 Å². The fourth-order valence-electron chi connectivity index (χ4n) is 3.43. The maximum absolute atomic E-state index is 12.5. The van der Waals surface area contributed by atoms with Gasteiger partial charge in [-0.25, -0.2) is 0 Å². The zero-order valence-electron chi connectivity index (χ0n) is 17.4. The third-order valence-electron chi connectivity index (χ3n) is 5.05. The third-order valence-corrected chi connectivity index (χ3v) is 5.35. The lowest BCUT2D eigenvalue weighted by Crippen LogP contribution is -2.27. The second-order valence-electron chi connectivity index (χ2n) is 7.12. The molecule has 0 unspecified atom stereocenters. The molecular weight excluding hydrogens is 406 g/mol. The van der Waals surface area contributed by atoms with Crippen LogP contribution in [-0.4, -0.2) is 50.6 Å². The van der Waals surface area contributed by atoms with E-state index in [1.807, 2.05) is 24.0 Å². The first-order chi connectivity index (χ1) is 14.4. The van der Waals surface area contributed by atoms with Gasteiger partial charge in [-0.05, 0) is 49.6 Å². The van der Waals surface area contributed by atoms with Crippen LogP contribution in [0.25, 0.3) is 0 Å². The Bertz CT molecular complexity index is 942. The smallest absolute Gasteiger partial charge is 0.253 e. The average molecular weight is 432 g/mol. The lowest BCUT2D eigenvalue weighted by molar-refractivity contribution is -0.114. The highest BCUT2D eigenvalue weighted by atomic mass is 35.5. The van der Waals surface area contributed by atoms with Crippen LogP contribution in [0.5, 0.6) is 11.5 Å². The molecule has 2 N–H and O–H groups in total. The summed E-state index contributed by atoms with van der Waals surface area (Å²) in [6.45, 7) is 3.59. The molecule has 2 aromatic carbocycles. The van der Waals surface area contributed by atoms with E-state index in [1.54, 1.807) is 18.2 Å². The lowest BCUT2D eigenvalue weighted by Gasteiger charge is -2.17. The highest BCUT2D eigenvalue weighted by Crippen LogP contribution is 2.35. The molecule has 1 saturated heterocycles. The maximum atomic E-state index is 12.5. The first kappa shape index (κ1) is 21.8. The van der Waals surface area contributed by atoms with Gasteiger partial charge in [0.2, 0.25) is 5.91 Å². The fraction of sp³-hybridized carbons (Fsp3) is 0.364. The van der Waals surface area contributed by atoms with Crippen LogP contribution in [0.15, 0.2) is 30.3 Å². The quantitative estimate of drug-likeness (QED) is 0.693. The van der Waals surface area contributed by atoms with Crippen LogP contribution in [0.2, 0.25) is 5.02 Å². The molecule has 160 valence electrons. The van der Waals surface area contributed by atoms with E-state index >= 15 is 0 Å². The van der Waals surface area contributed by atoms with E-state index < -0.39 is 0 Å². The summed E-state index contributed by atoms with van der Waals surface area (Å²) in [4.78, 5) is 26.8. The van der Waals surface area contributed by atoms with Crippen LogP contribution < -0.4 is 20.1 Å². The molecule has 1 heterocycles. The number of anilines is 2. The summed E-state index contributed by atoms with van der Waals surface area (Å²) in [7, 11) is 3.01. The molecule has 2 amide bonds. The average Bonchev–Trinajstić information content (AvgIpc) is 3.27. The minimum absolute atomic E-state index is 0.0487. The molecule has 30 heavy (non-hydrogen) atoms. The maximum Gasteiger partial charge on any atom is 0.253 e. The van der Waals surface area contributed by atoms with Gasteiger partial charge >= 0.3 is 0 Å². The molecule has 7 nitrogen and oxygen atoms in total. The summed E-state index contributed by atoms with van der Waals surface area (Å²) in [5, 5.41) is 6.26. The molecule has 1 aliphatic heterocycles. The van der Waals surface area contributed by atoms with Gasteiger partial charge in [0.15, 0.2) is 0 Å². The highest BCUT2D eigenvalue weighted by Gasteiger charge is 2.20. The second kappa shape index (κ2) is 9.71. The third kappa shape index (κ3) is 4.97. The molecule has 0 bridgehead atoms. The van der Waals surface area contributed by atoms with E-state index in [4.69, 9.17) is 21.1 Å². The number of carbonyl (C=O) groups is 2. The first-order valence-corrected chi connectivity index (χ1v) is 10.2. The molecule has 0 atom stereocenters. The van der Waals surface area contributed by atoms with Gasteiger partial charge < -0.3 is 25.0 Å². The summed E-state index contributed by atoms with van der Waals surface area (Å²) in [6.07, 6.45) is 2.12. The van der Waals surface area contributed by atoms with E-state index in [-0.39, 0.29) is 18.4 Å². The van der Waals surface area contributed by atoms with Gasteiger partial charge in [-0.2, -0.15) is 0 Å². The number of hydrogen-bond acceptors (Lipinski definition) is 5. The number of amides is 2. The highest BCUT2D eigenvalue weighted by molar-refractivity contribution is 6.32. The second-order valence-corrected chi connectivity index (χ2v) is 7.52. The van der Waals surface area contributed by atoms with Crippen molar-refractivity contribution in [2.24, 2.45) is 0 Å². The fourth-order valence-corrected chi connectivity index (χ4v) is 3.67. The molecule has 0 spiro atoms. The molecule has 1 aliphatic rings. The largest absolute Gasteiger partial charge is 0.495 e. The summed E-state index contributed by atoms with van der Waals surface area (Å²) in [6, 6.07) is 8.68. The van der Waals surface area contributed by atoms with Crippen LogP contribution in [0.4, 0.5) is 11.4 Å². The molecule has 3 rings (SSSR count). The summed E-state index contributed by atoms with van der Waals surface area (Å²) < 4.78 is 10.5. The number of ether oxygens (including phenoxy) is 2. The number of nitrogens with zero attached hydrogens (tertiary/aromatic N) is 1. The van der Waals surface area contributed by atoms with Crippen LogP contribution in [0.3, 0.4) is 0 Å². The predicted octanol–water partition coefficient (Wildman–Crippen LogP) is 3.95. The monoisotopic (exact) mass is 431 g/mol. The zero-order chi connectivity index (χ0) is 21.7. The van der Waals surface area contributed by atoms with Gasteiger partial charge in [0.25, 0.3) is 5.91 Å². The minimum Gasteiger partial charge on any atom is -0.495 e. The number of carbonyl (C=O) groups excluding carboxylic acids is 2. The SMILES string of the molecule is COc1cc(OC)c(NC(=O)CNc2ccc(C(=O)N3CCCC3)cc2C)cc1Cl. The van der Waals surface area contributed by atoms with Gasteiger partial charge in [-0.1, -0.05) is 11.6 Å². The summed E-state index contributed by atoms with van der Waals surface area (Å²) in [5.41, 5.74) is 2.82. The van der Waals surface area contributed by atoms with Crippen LogP contribution in [0.1, 0.15) is 28.8 Å². The van der Waals surface area contributed by atoms with Crippen LogP contribution >= 0.6 is 11.6 Å². The van der Waals surface area contributed by atoms with Crippen LogP contribution in [-0.2, 0) is 4.79 Å². The Morgan fingerprint density at radius 2 is 1.73 bits per heavy atom. The van der Waals surface area contributed by atoms with Crippen molar-refractivity contribution in [1.82, 2.24) is 4.90 Å². The van der Waals surface area contributed by atoms with Crippen LogP contribution in [0, 0.1) is 6.92 Å². The van der Waals surface area contributed by atoms with Crippen molar-refractivity contribution in [1.29, 1.82) is 0 Å². The van der Waals surface area contributed by atoms with E-state index in [1.165, 1.54) is 14.2 Å². The number of likely N-dealkylation sites (tertiary alicyclic amines) is 1. The number of rotatable bonds is 7. The lowest BCUT2D eigenvalue weighted by atomic mass is 10.1. The van der Waals surface area contributed by atoms with E-state index in [2.05, 4.69) is 10.6 Å². The zero-order valence-corrected chi connectivity index (χ0v) is 18.1. The Morgan fingerprint density at radius 1 is 1.03 bits per heavy atom. The molecule has 2 aromatic rings. The molecule has 0 aliphatic carbocycles. The number of hydrogen-bond donors (Lipinski definition) is 2. The normalized spacial score (nSPS) is 13.1. The van der Waals surface area contributed by atoms with Gasteiger partial charge in [0.05, 0.1) is 31.5 Å². The van der Waals surface area contributed by atoms with E-state index in [0.29, 0.717) is 27.8 Å². The van der Waals surface area contributed by atoms with Gasteiger partial charge in [0, 0.05) is 30.4 Å². The Hall–Kier alpha value is -2.93. The molecular formula is C22H26ClN3O4. The van der Waals surface area contributed by atoms with Crippen molar-refractivity contribution in [3.63, 3.8) is 0 Å². The van der Waals surface area contributed by atoms with Crippen molar-refractivity contribution in [3.05, 3.63) is 46.5 Å². The Balaban J connectivity index is 1.62. The van der Waals surface area contributed by atoms with Crippen molar-refractivity contribution in [2.75, 3.05) is 44.5 Å². The van der Waals surface area contributed by atoms with Crippen molar-refractivity contribution < 1.29 is 19.1 Å². The first-order valence-electron chi connectivity index (χ1n) is 9.78. The molecule has 0 saturated carbocycles. The number of benzene rings is 2. The van der Waals surface area contributed by atoms with E-state index in [9.17, 15) is 9.59 Å². The minimum atomic E-state index is -0.258. The Kier molecular flexibility index (Phi) is 7.05. The topological polar surface area (TPSA) is 79.9 Å². The Labute approximate surface area is 181 Å². The van der Waals surface area contributed by atoms with Crippen molar-refractivity contribution in [2.45, 2.75) is 19.8 Å². The molecule has 0 aromatic heterocycles. The number of halogens is 1. The Morgan fingerprint density at radius 3 is 2.37 bits per heavy atom. The molecule has 0 radical (unpaired) electrons. The number of aryl methyl sites for hydroxylation is 1. The molecule has 8 heteroatoms. The molecule has 1 fully saturated rings. The summed E-state index contributed by atoms with van der Waals surface area (Å²) >= 11 is 6.14. The predicted molar refractivity (Wildman–Crippen MR) is 118 cm³/mol. The van der Waals surface area contributed by atoms with Gasteiger partial charge in [0.1, 0.15) is 11.5 Å². The summed E-state index contributed by atoms with van der Waals surface area (Å²) in [5.74, 6) is 0.712. The van der Waals surface area contributed by atoms with Crippen molar-refractivity contribution in [3.8, 4) is 11.5 Å². The standard InChI is InChI=1S/C22H26ClN3O4/c1-14-10-15(22(28)26-8-4-5-9-26)6-7-17(14)24-13-21(27)25-18-11-16(23)19(29-2)12-20(18)30-3/h6-7,10-12,24H,4-5,8-9,13H2,1-3H3,(H,25,27). The van der Waals surface area contributed by atoms with Crippen molar-refractivity contribution >= 4 is 34.8 Å². The van der Waals surface area contributed by atoms with Gasteiger partial charge in [-0.15, -0.1) is 0 Å². The van der Waals surface area contributed by atoms with E-state index in [0.717, 1.165) is 37.2 Å².